The fourth-order valence-corrected chi connectivity index (χ4v) is 1.81. The van der Waals surface area contributed by atoms with Crippen molar-refractivity contribution in [1.82, 2.24) is 0 Å². The van der Waals surface area contributed by atoms with E-state index < -0.39 is 5.97 Å². The largest absolute Gasteiger partial charge is 0.481 e. The van der Waals surface area contributed by atoms with Crippen molar-refractivity contribution in [3.05, 3.63) is 32.8 Å². The standard InChI is InChI=1S/C10H10BrClO2/c1-6-4-9(12)8(11)5-7(6)2-3-10(13)14/h4-5H,2-3H2,1H3,(H,13,14). The second kappa shape index (κ2) is 4.80. The molecule has 4 heteroatoms. The second-order valence-electron chi connectivity index (χ2n) is 3.09. The molecule has 1 aromatic carbocycles. The Bertz CT molecular complexity index is 363. The molecule has 2 nitrogen and oxygen atoms in total. The van der Waals surface area contributed by atoms with Gasteiger partial charge in [0.1, 0.15) is 0 Å². The minimum absolute atomic E-state index is 0.148. The lowest BCUT2D eigenvalue weighted by molar-refractivity contribution is -0.136. The Labute approximate surface area is 96.0 Å². The van der Waals surface area contributed by atoms with Crippen LogP contribution in [-0.2, 0) is 11.2 Å². The quantitative estimate of drug-likeness (QED) is 0.919. The molecule has 14 heavy (non-hydrogen) atoms. The lowest BCUT2D eigenvalue weighted by Crippen LogP contribution is -1.99. The first kappa shape index (κ1) is 11.5. The lowest BCUT2D eigenvalue weighted by Gasteiger charge is -2.06. The third-order valence-corrected chi connectivity index (χ3v) is 3.18. The van der Waals surface area contributed by atoms with Crippen LogP contribution in [-0.4, -0.2) is 11.1 Å². The van der Waals surface area contributed by atoms with Crippen molar-refractivity contribution in [3.8, 4) is 0 Å². The maximum Gasteiger partial charge on any atom is 0.303 e. The van der Waals surface area contributed by atoms with Crippen LogP contribution in [0.2, 0.25) is 5.02 Å². The molecule has 0 aromatic heterocycles. The molecule has 0 aliphatic rings. The molecular formula is C10H10BrClO2. The van der Waals surface area contributed by atoms with Gasteiger partial charge in [-0.3, -0.25) is 4.79 Å². The van der Waals surface area contributed by atoms with E-state index in [-0.39, 0.29) is 6.42 Å². The molecule has 0 unspecified atom stereocenters. The average molecular weight is 278 g/mol. The molecule has 0 saturated heterocycles. The molecular weight excluding hydrogens is 267 g/mol. The number of halogens is 2. The molecule has 0 spiro atoms. The summed E-state index contributed by atoms with van der Waals surface area (Å²) in [6, 6.07) is 3.71. The Morgan fingerprint density at radius 2 is 2.21 bits per heavy atom. The summed E-state index contributed by atoms with van der Waals surface area (Å²) in [4.78, 5) is 10.4. The van der Waals surface area contributed by atoms with Gasteiger partial charge < -0.3 is 5.11 Å². The monoisotopic (exact) mass is 276 g/mol. The van der Waals surface area contributed by atoms with E-state index in [1.807, 2.05) is 19.1 Å². The van der Waals surface area contributed by atoms with E-state index in [4.69, 9.17) is 16.7 Å². The molecule has 0 aliphatic carbocycles. The predicted octanol–water partition coefficient (Wildman–Crippen LogP) is 3.43. The number of rotatable bonds is 3. The van der Waals surface area contributed by atoms with Gasteiger partial charge in [-0.15, -0.1) is 0 Å². The number of aryl methyl sites for hydroxylation is 2. The van der Waals surface area contributed by atoms with Crippen LogP contribution in [0.15, 0.2) is 16.6 Å². The Hall–Kier alpha value is -0.540. The SMILES string of the molecule is Cc1cc(Cl)c(Br)cc1CCC(=O)O. The minimum atomic E-state index is -0.782. The zero-order chi connectivity index (χ0) is 10.7. The fourth-order valence-electron chi connectivity index (χ4n) is 1.20. The summed E-state index contributed by atoms with van der Waals surface area (Å²) in [5, 5.41) is 9.21. The van der Waals surface area contributed by atoms with E-state index in [0.717, 1.165) is 15.6 Å². The van der Waals surface area contributed by atoms with E-state index in [1.54, 1.807) is 0 Å². The van der Waals surface area contributed by atoms with Crippen molar-refractivity contribution in [2.75, 3.05) is 0 Å². The number of aliphatic carboxylic acids is 1. The number of carboxylic acids is 1. The number of hydrogen-bond donors (Lipinski definition) is 1. The summed E-state index contributed by atoms with van der Waals surface area (Å²) in [6.45, 7) is 1.93. The van der Waals surface area contributed by atoms with E-state index in [0.29, 0.717) is 11.4 Å². The highest BCUT2D eigenvalue weighted by Crippen LogP contribution is 2.26. The molecule has 0 saturated carbocycles. The minimum Gasteiger partial charge on any atom is -0.481 e. The highest BCUT2D eigenvalue weighted by Gasteiger charge is 2.05. The zero-order valence-corrected chi connectivity index (χ0v) is 10.0. The molecule has 0 bridgehead atoms. The van der Waals surface area contributed by atoms with Crippen LogP contribution < -0.4 is 0 Å². The molecule has 76 valence electrons. The fraction of sp³-hybridized carbons (Fsp3) is 0.300. The Kier molecular flexibility index (Phi) is 3.96. The molecule has 0 fully saturated rings. The number of hydrogen-bond acceptors (Lipinski definition) is 1. The number of carboxylic acid groups (broad SMARTS) is 1. The van der Waals surface area contributed by atoms with Crippen molar-refractivity contribution in [3.63, 3.8) is 0 Å². The smallest absolute Gasteiger partial charge is 0.303 e. The van der Waals surface area contributed by atoms with Crippen molar-refractivity contribution < 1.29 is 9.90 Å². The first-order chi connectivity index (χ1) is 6.50. The number of benzene rings is 1. The molecule has 0 amide bonds. The molecule has 0 atom stereocenters. The van der Waals surface area contributed by atoms with Crippen LogP contribution in [0.25, 0.3) is 0 Å². The van der Waals surface area contributed by atoms with Gasteiger partial charge in [-0.2, -0.15) is 0 Å². The van der Waals surface area contributed by atoms with Crippen molar-refractivity contribution in [2.45, 2.75) is 19.8 Å². The molecule has 1 aromatic rings. The normalized spacial score (nSPS) is 10.2. The van der Waals surface area contributed by atoms with Gasteiger partial charge in [-0.05, 0) is 52.5 Å². The maximum atomic E-state index is 10.4. The summed E-state index contributed by atoms with van der Waals surface area (Å²) in [7, 11) is 0. The zero-order valence-electron chi connectivity index (χ0n) is 7.68. The predicted molar refractivity (Wildman–Crippen MR) is 59.8 cm³/mol. The summed E-state index contributed by atoms with van der Waals surface area (Å²) in [5.74, 6) is -0.782. The highest BCUT2D eigenvalue weighted by atomic mass is 79.9. The molecule has 1 N–H and O–H groups in total. The number of carbonyl (C=O) groups is 1. The highest BCUT2D eigenvalue weighted by molar-refractivity contribution is 9.10. The topological polar surface area (TPSA) is 37.3 Å². The van der Waals surface area contributed by atoms with Gasteiger partial charge in [0.05, 0.1) is 5.02 Å². The molecule has 0 radical (unpaired) electrons. The molecule has 0 aliphatic heterocycles. The molecule has 1 rings (SSSR count). The third kappa shape index (κ3) is 3.00. The van der Waals surface area contributed by atoms with Gasteiger partial charge in [-0.1, -0.05) is 11.6 Å². The van der Waals surface area contributed by atoms with Gasteiger partial charge in [0, 0.05) is 10.9 Å². The molecule has 0 heterocycles. The van der Waals surface area contributed by atoms with Gasteiger partial charge in [0.2, 0.25) is 0 Å². The Morgan fingerprint density at radius 1 is 1.57 bits per heavy atom. The van der Waals surface area contributed by atoms with Gasteiger partial charge >= 0.3 is 5.97 Å². The van der Waals surface area contributed by atoms with Crippen LogP contribution in [0.1, 0.15) is 17.5 Å². The van der Waals surface area contributed by atoms with E-state index in [2.05, 4.69) is 15.9 Å². The van der Waals surface area contributed by atoms with Crippen LogP contribution in [0.4, 0.5) is 0 Å². The summed E-state index contributed by atoms with van der Waals surface area (Å²) in [5.41, 5.74) is 2.04. The maximum absolute atomic E-state index is 10.4. The average Bonchev–Trinajstić information content (AvgIpc) is 2.09. The van der Waals surface area contributed by atoms with Crippen LogP contribution in [0.3, 0.4) is 0 Å². The van der Waals surface area contributed by atoms with Gasteiger partial charge in [0.15, 0.2) is 0 Å². The first-order valence-electron chi connectivity index (χ1n) is 4.17. The summed E-state index contributed by atoms with van der Waals surface area (Å²) < 4.78 is 0.810. The lowest BCUT2D eigenvalue weighted by atomic mass is 10.0. The van der Waals surface area contributed by atoms with Gasteiger partial charge in [-0.25, -0.2) is 0 Å². The third-order valence-electron chi connectivity index (χ3n) is 1.99. The van der Waals surface area contributed by atoms with Crippen LogP contribution in [0, 0.1) is 6.92 Å². The first-order valence-corrected chi connectivity index (χ1v) is 5.34. The van der Waals surface area contributed by atoms with E-state index in [1.165, 1.54) is 0 Å². The van der Waals surface area contributed by atoms with Crippen molar-refractivity contribution in [1.29, 1.82) is 0 Å². The van der Waals surface area contributed by atoms with E-state index in [9.17, 15) is 4.79 Å². The van der Waals surface area contributed by atoms with Crippen molar-refractivity contribution in [2.24, 2.45) is 0 Å². The van der Waals surface area contributed by atoms with Crippen molar-refractivity contribution >= 4 is 33.5 Å². The van der Waals surface area contributed by atoms with E-state index >= 15 is 0 Å². The van der Waals surface area contributed by atoms with Crippen LogP contribution >= 0.6 is 27.5 Å². The van der Waals surface area contributed by atoms with Gasteiger partial charge in [0.25, 0.3) is 0 Å². The summed E-state index contributed by atoms with van der Waals surface area (Å²) in [6.07, 6.45) is 0.686. The Morgan fingerprint density at radius 3 is 2.79 bits per heavy atom. The Balaban J connectivity index is 2.87. The second-order valence-corrected chi connectivity index (χ2v) is 4.35. The summed E-state index contributed by atoms with van der Waals surface area (Å²) >= 11 is 9.19. The van der Waals surface area contributed by atoms with Crippen LogP contribution in [0.5, 0.6) is 0 Å².